The van der Waals surface area contributed by atoms with Crippen LogP contribution in [0.4, 0.5) is 5.69 Å². The number of nitrogens with zero attached hydrogens (tertiary/aromatic N) is 1. The second kappa shape index (κ2) is 3.59. The van der Waals surface area contributed by atoms with Crippen molar-refractivity contribution in [3.05, 3.63) is 54.4 Å². The molecule has 1 atom stereocenters. The Morgan fingerprint density at radius 1 is 1.13 bits per heavy atom. The van der Waals surface area contributed by atoms with E-state index in [0.29, 0.717) is 5.37 Å². The molecule has 0 radical (unpaired) electrons. The van der Waals surface area contributed by atoms with Crippen LogP contribution in [0, 0.1) is 0 Å². The number of para-hydroxylation sites is 1. The molecule has 2 aromatic rings. The lowest BCUT2D eigenvalue weighted by Gasteiger charge is -2.09. The minimum atomic E-state index is 0.302. The van der Waals surface area contributed by atoms with Crippen LogP contribution in [0.15, 0.2) is 53.7 Å². The number of thioether (sulfide) groups is 1. The Morgan fingerprint density at radius 3 is 2.87 bits per heavy atom. The normalized spacial score (nSPS) is 18.3. The van der Waals surface area contributed by atoms with E-state index in [9.17, 15) is 0 Å². The third kappa shape index (κ3) is 1.59. The summed E-state index contributed by atoms with van der Waals surface area (Å²) < 4.78 is 0. The molecule has 0 spiro atoms. The van der Waals surface area contributed by atoms with Crippen LogP contribution in [-0.4, -0.2) is 4.98 Å². The zero-order valence-electron chi connectivity index (χ0n) is 8.05. The fourth-order valence-electron chi connectivity index (χ4n) is 1.67. The van der Waals surface area contributed by atoms with Crippen molar-refractivity contribution in [1.82, 2.24) is 4.98 Å². The van der Waals surface area contributed by atoms with Gasteiger partial charge in [0.2, 0.25) is 0 Å². The van der Waals surface area contributed by atoms with E-state index in [4.69, 9.17) is 0 Å². The Morgan fingerprint density at radius 2 is 2.07 bits per heavy atom. The summed E-state index contributed by atoms with van der Waals surface area (Å²) in [5.74, 6) is 0. The summed E-state index contributed by atoms with van der Waals surface area (Å²) >= 11 is 1.84. The molecule has 1 unspecified atom stereocenters. The molecule has 3 rings (SSSR count). The van der Waals surface area contributed by atoms with Crippen LogP contribution in [0.2, 0.25) is 0 Å². The van der Waals surface area contributed by atoms with Gasteiger partial charge in [-0.15, -0.1) is 0 Å². The van der Waals surface area contributed by atoms with Gasteiger partial charge in [0.25, 0.3) is 0 Å². The molecule has 2 heterocycles. The highest BCUT2D eigenvalue weighted by molar-refractivity contribution is 8.00. The van der Waals surface area contributed by atoms with Crippen molar-refractivity contribution in [3.63, 3.8) is 0 Å². The average molecular weight is 214 g/mol. The third-order valence-electron chi connectivity index (χ3n) is 2.41. The summed E-state index contributed by atoms with van der Waals surface area (Å²) in [5.41, 5.74) is 2.44. The van der Waals surface area contributed by atoms with Gasteiger partial charge in [0.15, 0.2) is 0 Å². The molecule has 0 aliphatic carbocycles. The van der Waals surface area contributed by atoms with Crippen molar-refractivity contribution in [1.29, 1.82) is 0 Å². The lowest BCUT2D eigenvalue weighted by atomic mass is 10.2. The molecule has 2 nitrogen and oxygen atoms in total. The van der Waals surface area contributed by atoms with E-state index in [1.54, 1.807) is 6.20 Å². The number of hydrogen-bond acceptors (Lipinski definition) is 3. The molecular weight excluding hydrogens is 204 g/mol. The van der Waals surface area contributed by atoms with Gasteiger partial charge in [-0.1, -0.05) is 30.0 Å². The second-order valence-corrected chi connectivity index (χ2v) is 4.57. The van der Waals surface area contributed by atoms with E-state index in [2.05, 4.69) is 40.6 Å². The van der Waals surface area contributed by atoms with Gasteiger partial charge in [-0.3, -0.25) is 4.98 Å². The highest BCUT2D eigenvalue weighted by atomic mass is 32.2. The smallest absolute Gasteiger partial charge is 0.104 e. The van der Waals surface area contributed by atoms with Crippen LogP contribution in [0.3, 0.4) is 0 Å². The molecule has 1 aromatic carbocycles. The van der Waals surface area contributed by atoms with Gasteiger partial charge < -0.3 is 5.32 Å². The number of anilines is 1. The highest BCUT2D eigenvalue weighted by Gasteiger charge is 2.21. The van der Waals surface area contributed by atoms with Crippen LogP contribution < -0.4 is 5.32 Å². The van der Waals surface area contributed by atoms with E-state index in [1.807, 2.05) is 24.0 Å². The zero-order chi connectivity index (χ0) is 10.1. The Hall–Kier alpha value is -1.48. The molecule has 0 fully saturated rings. The second-order valence-electron chi connectivity index (χ2n) is 3.42. The topological polar surface area (TPSA) is 24.9 Å². The molecular formula is C12H10N2S. The van der Waals surface area contributed by atoms with Crippen LogP contribution in [0.1, 0.15) is 10.9 Å². The number of benzene rings is 1. The summed E-state index contributed by atoms with van der Waals surface area (Å²) in [5, 5.41) is 3.78. The molecule has 1 aliphatic heterocycles. The molecule has 0 saturated heterocycles. The van der Waals surface area contributed by atoms with Gasteiger partial charge in [0, 0.05) is 28.5 Å². The number of hydrogen-bond donors (Lipinski definition) is 1. The SMILES string of the molecule is c1cncc(C2Nc3ccccc3S2)c1. The van der Waals surface area contributed by atoms with Gasteiger partial charge in [0.1, 0.15) is 5.37 Å². The highest BCUT2D eigenvalue weighted by Crippen LogP contribution is 2.45. The molecule has 1 N–H and O–H groups in total. The monoisotopic (exact) mass is 214 g/mol. The standard InChI is InChI=1S/C12H10N2S/c1-2-6-11-10(5-1)14-12(15-11)9-4-3-7-13-8-9/h1-8,12,14H. The van der Waals surface area contributed by atoms with Crippen LogP contribution in [-0.2, 0) is 0 Å². The maximum Gasteiger partial charge on any atom is 0.104 e. The van der Waals surface area contributed by atoms with E-state index in [0.717, 1.165) is 0 Å². The number of pyridine rings is 1. The number of rotatable bonds is 1. The van der Waals surface area contributed by atoms with Gasteiger partial charge in [-0.2, -0.15) is 0 Å². The average Bonchev–Trinajstić information content (AvgIpc) is 2.74. The van der Waals surface area contributed by atoms with Crippen molar-refractivity contribution in [3.8, 4) is 0 Å². The molecule has 3 heteroatoms. The zero-order valence-corrected chi connectivity index (χ0v) is 8.87. The summed E-state index contributed by atoms with van der Waals surface area (Å²) in [6.07, 6.45) is 3.72. The van der Waals surface area contributed by atoms with E-state index in [-0.39, 0.29) is 0 Å². The van der Waals surface area contributed by atoms with Crippen LogP contribution in [0.25, 0.3) is 0 Å². The minimum Gasteiger partial charge on any atom is -0.368 e. The first-order valence-corrected chi connectivity index (χ1v) is 5.73. The molecule has 0 saturated carbocycles. The van der Waals surface area contributed by atoms with Crippen LogP contribution >= 0.6 is 11.8 Å². The largest absolute Gasteiger partial charge is 0.368 e. The van der Waals surface area contributed by atoms with Gasteiger partial charge in [-0.05, 0) is 18.2 Å². The molecule has 15 heavy (non-hydrogen) atoms. The lowest BCUT2D eigenvalue weighted by molar-refractivity contribution is 1.10. The molecule has 0 bridgehead atoms. The lowest BCUT2D eigenvalue weighted by Crippen LogP contribution is -2.00. The number of fused-ring (bicyclic) bond motifs is 1. The fourth-order valence-corrected chi connectivity index (χ4v) is 2.80. The van der Waals surface area contributed by atoms with E-state index in [1.165, 1.54) is 16.1 Å². The summed E-state index contributed by atoms with van der Waals surface area (Å²) in [7, 11) is 0. The molecule has 1 aromatic heterocycles. The van der Waals surface area contributed by atoms with Crippen molar-refractivity contribution in [2.75, 3.05) is 5.32 Å². The Labute approximate surface area is 92.7 Å². The first-order chi connectivity index (χ1) is 7.43. The van der Waals surface area contributed by atoms with Crippen molar-refractivity contribution in [2.45, 2.75) is 10.3 Å². The maximum absolute atomic E-state index is 4.14. The Kier molecular flexibility index (Phi) is 2.10. The van der Waals surface area contributed by atoms with E-state index < -0.39 is 0 Å². The first kappa shape index (κ1) is 8.80. The summed E-state index contributed by atoms with van der Waals surface area (Å²) in [6, 6.07) is 12.4. The van der Waals surface area contributed by atoms with Crippen molar-refractivity contribution < 1.29 is 0 Å². The first-order valence-electron chi connectivity index (χ1n) is 4.85. The Balaban J connectivity index is 1.91. The van der Waals surface area contributed by atoms with Crippen molar-refractivity contribution >= 4 is 17.4 Å². The molecule has 0 amide bonds. The van der Waals surface area contributed by atoms with E-state index >= 15 is 0 Å². The van der Waals surface area contributed by atoms with Crippen molar-refractivity contribution in [2.24, 2.45) is 0 Å². The van der Waals surface area contributed by atoms with Gasteiger partial charge in [0.05, 0.1) is 0 Å². The minimum absolute atomic E-state index is 0.302. The quantitative estimate of drug-likeness (QED) is 0.788. The van der Waals surface area contributed by atoms with Crippen LogP contribution in [0.5, 0.6) is 0 Å². The predicted molar refractivity (Wildman–Crippen MR) is 62.9 cm³/mol. The maximum atomic E-state index is 4.14. The summed E-state index contributed by atoms with van der Waals surface area (Å²) in [6.45, 7) is 0. The third-order valence-corrected chi connectivity index (χ3v) is 3.64. The molecule has 74 valence electrons. The summed E-state index contributed by atoms with van der Waals surface area (Å²) in [4.78, 5) is 5.45. The molecule has 1 aliphatic rings. The van der Waals surface area contributed by atoms with Gasteiger partial charge in [-0.25, -0.2) is 0 Å². The fraction of sp³-hybridized carbons (Fsp3) is 0.0833. The Bertz CT molecular complexity index is 445. The number of nitrogens with one attached hydrogen (secondary N) is 1. The predicted octanol–water partition coefficient (Wildman–Crippen LogP) is 3.30. The van der Waals surface area contributed by atoms with Gasteiger partial charge >= 0.3 is 0 Å². The number of aromatic nitrogens is 1.